The van der Waals surface area contributed by atoms with Crippen molar-refractivity contribution in [2.75, 3.05) is 44.3 Å². The average Bonchev–Trinajstić information content (AvgIpc) is 2.55. The highest BCUT2D eigenvalue weighted by atomic mass is 16.6. The zero-order chi connectivity index (χ0) is 15.5. The van der Waals surface area contributed by atoms with Gasteiger partial charge >= 0.3 is 0 Å². The van der Waals surface area contributed by atoms with Crippen LogP contribution in [0.15, 0.2) is 35.8 Å². The summed E-state index contributed by atoms with van der Waals surface area (Å²) >= 11 is 0. The second kappa shape index (κ2) is 6.17. The Morgan fingerprint density at radius 3 is 2.55 bits per heavy atom. The second-order valence-electron chi connectivity index (χ2n) is 5.38. The Hall–Kier alpha value is -2.37. The number of nitrogens with zero attached hydrogens (tertiary/aromatic N) is 2. The predicted molar refractivity (Wildman–Crippen MR) is 81.5 cm³/mol. The molecule has 0 aliphatic carbocycles. The van der Waals surface area contributed by atoms with Crippen LogP contribution in [0.4, 0.5) is 5.69 Å². The first-order valence-corrected chi connectivity index (χ1v) is 7.45. The molecular weight excluding hydrogens is 284 g/mol. The number of aromatic hydroxyl groups is 1. The maximum Gasteiger partial charge on any atom is 0.292 e. The van der Waals surface area contributed by atoms with Crippen LogP contribution in [0.2, 0.25) is 0 Å². The number of anilines is 1. The summed E-state index contributed by atoms with van der Waals surface area (Å²) in [5.41, 5.74) is 0.972. The molecule has 3 rings (SSSR count). The van der Waals surface area contributed by atoms with Crippen LogP contribution in [0.5, 0.6) is 5.75 Å². The fourth-order valence-corrected chi connectivity index (χ4v) is 2.72. The lowest BCUT2D eigenvalue weighted by Crippen LogP contribution is -2.49. The van der Waals surface area contributed by atoms with Crippen molar-refractivity contribution in [2.45, 2.75) is 6.92 Å². The largest absolute Gasteiger partial charge is 0.508 e. The molecule has 2 aliphatic heterocycles. The minimum atomic E-state index is -0.104. The molecule has 1 aromatic rings. The molecule has 118 valence electrons. The van der Waals surface area contributed by atoms with Gasteiger partial charge in [0.25, 0.3) is 5.91 Å². The Labute approximate surface area is 129 Å². The van der Waals surface area contributed by atoms with Crippen molar-refractivity contribution in [3.63, 3.8) is 0 Å². The Kier molecular flexibility index (Phi) is 4.09. The van der Waals surface area contributed by atoms with E-state index in [-0.39, 0.29) is 11.7 Å². The summed E-state index contributed by atoms with van der Waals surface area (Å²) in [7, 11) is 0. The number of allylic oxidation sites excluding steroid dienone is 1. The molecule has 6 heteroatoms. The van der Waals surface area contributed by atoms with E-state index in [0.717, 1.165) is 18.8 Å². The third-order valence-corrected chi connectivity index (χ3v) is 3.92. The highest BCUT2D eigenvalue weighted by Crippen LogP contribution is 2.22. The number of phenols is 1. The van der Waals surface area contributed by atoms with Gasteiger partial charge in [-0.2, -0.15) is 0 Å². The van der Waals surface area contributed by atoms with Crippen LogP contribution in [0.3, 0.4) is 0 Å². The van der Waals surface area contributed by atoms with Crippen LogP contribution in [0, 0.1) is 0 Å². The SMILES string of the molecule is CC1=C(C(=O)N2CCN(c3cccc(O)c3)CC2)OCCO1. The summed E-state index contributed by atoms with van der Waals surface area (Å²) in [6.07, 6.45) is 0. The molecule has 1 aromatic carbocycles. The van der Waals surface area contributed by atoms with Gasteiger partial charge in [-0.1, -0.05) is 6.07 Å². The van der Waals surface area contributed by atoms with Gasteiger partial charge in [-0.05, 0) is 19.1 Å². The second-order valence-corrected chi connectivity index (χ2v) is 5.38. The Bertz CT molecular complexity index is 592. The molecule has 0 atom stereocenters. The maximum absolute atomic E-state index is 12.5. The third-order valence-electron chi connectivity index (χ3n) is 3.92. The number of hydrogen-bond acceptors (Lipinski definition) is 5. The van der Waals surface area contributed by atoms with Gasteiger partial charge in [0.1, 0.15) is 24.7 Å². The highest BCUT2D eigenvalue weighted by Gasteiger charge is 2.28. The van der Waals surface area contributed by atoms with Crippen molar-refractivity contribution >= 4 is 11.6 Å². The number of benzene rings is 1. The molecule has 0 saturated carbocycles. The van der Waals surface area contributed by atoms with Crippen molar-refractivity contribution < 1.29 is 19.4 Å². The van der Waals surface area contributed by atoms with Gasteiger partial charge in [-0.3, -0.25) is 4.79 Å². The first-order valence-electron chi connectivity index (χ1n) is 7.45. The molecule has 22 heavy (non-hydrogen) atoms. The van der Waals surface area contributed by atoms with E-state index >= 15 is 0 Å². The van der Waals surface area contributed by atoms with Crippen LogP contribution in [-0.4, -0.2) is 55.3 Å². The topological polar surface area (TPSA) is 62.2 Å². The standard InChI is InChI=1S/C16H20N2O4/c1-12-15(22-10-9-21-12)16(20)18-7-5-17(6-8-18)13-3-2-4-14(19)11-13/h2-4,11,19H,5-10H2,1H3. The van der Waals surface area contributed by atoms with Gasteiger partial charge in [0.15, 0.2) is 0 Å². The summed E-state index contributed by atoms with van der Waals surface area (Å²) in [6.45, 7) is 5.36. The lowest BCUT2D eigenvalue weighted by Gasteiger charge is -2.36. The highest BCUT2D eigenvalue weighted by molar-refractivity contribution is 5.92. The number of carbonyl (C=O) groups is 1. The predicted octanol–water partition coefficient (Wildman–Crippen LogP) is 1.32. The van der Waals surface area contributed by atoms with Crippen LogP contribution in [-0.2, 0) is 14.3 Å². The number of carbonyl (C=O) groups excluding carboxylic acids is 1. The van der Waals surface area contributed by atoms with Crippen molar-refractivity contribution in [1.82, 2.24) is 4.90 Å². The van der Waals surface area contributed by atoms with E-state index < -0.39 is 0 Å². The summed E-state index contributed by atoms with van der Waals surface area (Å²) in [5.74, 6) is 1.04. The molecule has 0 spiro atoms. The molecule has 0 aromatic heterocycles. The minimum absolute atomic E-state index is 0.104. The van der Waals surface area contributed by atoms with E-state index in [0.29, 0.717) is 37.8 Å². The number of hydrogen-bond donors (Lipinski definition) is 1. The molecular formula is C16H20N2O4. The van der Waals surface area contributed by atoms with Crippen molar-refractivity contribution in [2.24, 2.45) is 0 Å². The van der Waals surface area contributed by atoms with E-state index in [1.165, 1.54) is 0 Å². The van der Waals surface area contributed by atoms with Crippen molar-refractivity contribution in [3.05, 3.63) is 35.8 Å². The van der Waals surface area contributed by atoms with E-state index in [9.17, 15) is 9.90 Å². The number of amides is 1. The quantitative estimate of drug-likeness (QED) is 0.893. The van der Waals surface area contributed by atoms with Crippen LogP contribution in [0.1, 0.15) is 6.92 Å². The first kappa shape index (κ1) is 14.6. The zero-order valence-corrected chi connectivity index (χ0v) is 12.6. The van der Waals surface area contributed by atoms with Crippen molar-refractivity contribution in [3.8, 4) is 5.75 Å². The maximum atomic E-state index is 12.5. The molecule has 0 unspecified atom stereocenters. The number of ether oxygens (including phenoxy) is 2. The number of piperazine rings is 1. The first-order chi connectivity index (χ1) is 10.6. The van der Waals surface area contributed by atoms with Crippen LogP contribution >= 0.6 is 0 Å². The number of phenolic OH excluding ortho intramolecular Hbond substituents is 1. The summed E-state index contributed by atoms with van der Waals surface area (Å²) in [5, 5.41) is 9.56. The molecule has 0 radical (unpaired) electrons. The minimum Gasteiger partial charge on any atom is -0.508 e. The van der Waals surface area contributed by atoms with Gasteiger partial charge in [-0.25, -0.2) is 0 Å². The molecule has 1 amide bonds. The van der Waals surface area contributed by atoms with Gasteiger partial charge < -0.3 is 24.4 Å². The monoisotopic (exact) mass is 304 g/mol. The molecule has 0 bridgehead atoms. The Balaban J connectivity index is 1.63. The fourth-order valence-electron chi connectivity index (χ4n) is 2.72. The van der Waals surface area contributed by atoms with E-state index in [1.54, 1.807) is 24.0 Å². The van der Waals surface area contributed by atoms with Crippen molar-refractivity contribution in [1.29, 1.82) is 0 Å². The summed E-state index contributed by atoms with van der Waals surface area (Å²) in [6, 6.07) is 7.17. The van der Waals surface area contributed by atoms with E-state index in [4.69, 9.17) is 9.47 Å². The molecule has 2 aliphatic rings. The lowest BCUT2D eigenvalue weighted by atomic mass is 10.2. The smallest absolute Gasteiger partial charge is 0.292 e. The Morgan fingerprint density at radius 2 is 1.86 bits per heavy atom. The van der Waals surface area contributed by atoms with Crippen LogP contribution in [0.25, 0.3) is 0 Å². The lowest BCUT2D eigenvalue weighted by molar-refractivity contribution is -0.133. The number of rotatable bonds is 2. The summed E-state index contributed by atoms with van der Waals surface area (Å²) < 4.78 is 10.8. The summed E-state index contributed by atoms with van der Waals surface area (Å²) in [4.78, 5) is 16.4. The zero-order valence-electron chi connectivity index (χ0n) is 12.6. The van der Waals surface area contributed by atoms with Gasteiger partial charge in [-0.15, -0.1) is 0 Å². The fraction of sp³-hybridized carbons (Fsp3) is 0.438. The molecule has 6 nitrogen and oxygen atoms in total. The van der Waals surface area contributed by atoms with Crippen LogP contribution < -0.4 is 4.90 Å². The Morgan fingerprint density at radius 1 is 1.14 bits per heavy atom. The van der Waals surface area contributed by atoms with Gasteiger partial charge in [0, 0.05) is 37.9 Å². The van der Waals surface area contributed by atoms with E-state index in [2.05, 4.69) is 4.90 Å². The third kappa shape index (κ3) is 2.95. The molecule has 1 saturated heterocycles. The molecule has 1 fully saturated rings. The molecule has 2 heterocycles. The van der Waals surface area contributed by atoms with Gasteiger partial charge in [0.05, 0.1) is 0 Å². The molecule has 1 N–H and O–H groups in total. The average molecular weight is 304 g/mol. The normalized spacial score (nSPS) is 18.8. The van der Waals surface area contributed by atoms with Gasteiger partial charge in [0.2, 0.25) is 5.76 Å². The van der Waals surface area contributed by atoms with E-state index in [1.807, 2.05) is 12.1 Å².